The molecule has 0 radical (unpaired) electrons. The Bertz CT molecular complexity index is 1020. The number of pyridine rings is 1. The van der Waals surface area contributed by atoms with Crippen molar-refractivity contribution in [2.75, 3.05) is 19.4 Å². The van der Waals surface area contributed by atoms with Gasteiger partial charge in [-0.3, -0.25) is 14.9 Å². The summed E-state index contributed by atoms with van der Waals surface area (Å²) < 4.78 is 0. The number of nitrogens with zero attached hydrogens (tertiary/aromatic N) is 3. The number of urea groups is 1. The van der Waals surface area contributed by atoms with Gasteiger partial charge in [0.1, 0.15) is 0 Å². The van der Waals surface area contributed by atoms with E-state index in [4.69, 9.17) is 0 Å². The molecule has 2 aromatic heterocycles. The molecule has 8 nitrogen and oxygen atoms in total. The van der Waals surface area contributed by atoms with Gasteiger partial charge in [0.05, 0.1) is 17.4 Å². The minimum Gasteiger partial charge on any atom is -0.348 e. The van der Waals surface area contributed by atoms with Gasteiger partial charge in [0.2, 0.25) is 0 Å². The monoisotopic (exact) mass is 364 g/mol. The van der Waals surface area contributed by atoms with Crippen LogP contribution in [0.15, 0.2) is 36.7 Å². The summed E-state index contributed by atoms with van der Waals surface area (Å²) in [6.07, 6.45) is 5.36. The summed E-state index contributed by atoms with van der Waals surface area (Å²) in [7, 11) is 3.35. The molecule has 1 aliphatic carbocycles. The van der Waals surface area contributed by atoms with Crippen LogP contribution in [0.4, 0.5) is 10.5 Å². The number of aromatic amines is 1. The van der Waals surface area contributed by atoms with E-state index in [9.17, 15) is 9.59 Å². The molecule has 138 valence electrons. The number of carbonyl (C=O) groups is 2. The van der Waals surface area contributed by atoms with Crippen LogP contribution in [0.25, 0.3) is 22.0 Å². The molecule has 8 heteroatoms. The highest BCUT2D eigenvalue weighted by atomic mass is 16.2. The number of fused-ring (bicyclic) bond motifs is 1. The van der Waals surface area contributed by atoms with E-state index < -0.39 is 0 Å². The van der Waals surface area contributed by atoms with Gasteiger partial charge in [-0.2, -0.15) is 5.10 Å². The van der Waals surface area contributed by atoms with Crippen molar-refractivity contribution in [2.24, 2.45) is 0 Å². The van der Waals surface area contributed by atoms with E-state index >= 15 is 0 Å². The lowest BCUT2D eigenvalue weighted by molar-refractivity contribution is 0.0947. The van der Waals surface area contributed by atoms with Gasteiger partial charge < -0.3 is 15.5 Å². The Kier molecular flexibility index (Phi) is 4.23. The second-order valence-electron chi connectivity index (χ2n) is 6.87. The molecule has 3 N–H and O–H groups in total. The fraction of sp³-hybridized carbons (Fsp3) is 0.263. The summed E-state index contributed by atoms with van der Waals surface area (Å²) >= 11 is 0. The van der Waals surface area contributed by atoms with Gasteiger partial charge in [0.25, 0.3) is 5.91 Å². The zero-order chi connectivity index (χ0) is 19.0. The molecule has 0 aliphatic heterocycles. The predicted octanol–water partition coefficient (Wildman–Crippen LogP) is 2.61. The quantitative estimate of drug-likeness (QED) is 0.662. The highest BCUT2D eigenvalue weighted by molar-refractivity contribution is 6.05. The van der Waals surface area contributed by atoms with Crippen molar-refractivity contribution < 1.29 is 9.59 Å². The molecule has 4 rings (SSSR count). The van der Waals surface area contributed by atoms with Crippen LogP contribution in [0, 0.1) is 0 Å². The molecule has 1 fully saturated rings. The molecule has 2 heterocycles. The summed E-state index contributed by atoms with van der Waals surface area (Å²) in [4.78, 5) is 29.9. The average molecular weight is 364 g/mol. The summed E-state index contributed by atoms with van der Waals surface area (Å²) in [5.74, 6) is -0.161. The summed E-state index contributed by atoms with van der Waals surface area (Å²) in [6, 6.07) is 7.62. The molecule has 0 bridgehead atoms. The first-order chi connectivity index (χ1) is 13.0. The van der Waals surface area contributed by atoms with Gasteiger partial charge in [0.15, 0.2) is 5.69 Å². The maximum Gasteiger partial charge on any atom is 0.321 e. The first kappa shape index (κ1) is 17.0. The van der Waals surface area contributed by atoms with Crippen LogP contribution in [-0.4, -0.2) is 52.2 Å². The largest absolute Gasteiger partial charge is 0.348 e. The first-order valence-electron chi connectivity index (χ1n) is 8.74. The molecule has 0 atom stereocenters. The number of hydrogen-bond acceptors (Lipinski definition) is 4. The Labute approximate surface area is 156 Å². The number of anilines is 1. The molecular weight excluding hydrogens is 344 g/mol. The van der Waals surface area contributed by atoms with Crippen LogP contribution in [0.2, 0.25) is 0 Å². The Morgan fingerprint density at radius 1 is 1.15 bits per heavy atom. The number of hydrogen-bond donors (Lipinski definition) is 3. The third-order valence-corrected chi connectivity index (χ3v) is 4.42. The number of benzene rings is 1. The van der Waals surface area contributed by atoms with Crippen LogP contribution in [0.5, 0.6) is 0 Å². The smallest absolute Gasteiger partial charge is 0.321 e. The third-order valence-electron chi connectivity index (χ3n) is 4.42. The number of nitrogens with one attached hydrogen (secondary N) is 3. The van der Waals surface area contributed by atoms with E-state index in [0.717, 1.165) is 34.9 Å². The minimum atomic E-state index is -0.224. The summed E-state index contributed by atoms with van der Waals surface area (Å²) in [5.41, 5.74) is 3.51. The lowest BCUT2D eigenvalue weighted by Crippen LogP contribution is -2.27. The van der Waals surface area contributed by atoms with Crippen molar-refractivity contribution in [3.05, 3.63) is 42.4 Å². The zero-order valence-electron chi connectivity index (χ0n) is 15.1. The highest BCUT2D eigenvalue weighted by Gasteiger charge is 2.25. The molecule has 0 spiro atoms. The minimum absolute atomic E-state index is 0.161. The lowest BCUT2D eigenvalue weighted by atomic mass is 10.0. The van der Waals surface area contributed by atoms with Gasteiger partial charge in [-0.05, 0) is 36.6 Å². The van der Waals surface area contributed by atoms with E-state index in [-0.39, 0.29) is 18.0 Å². The second-order valence-corrected chi connectivity index (χ2v) is 6.87. The Morgan fingerprint density at radius 2 is 1.96 bits per heavy atom. The van der Waals surface area contributed by atoms with Gasteiger partial charge in [-0.25, -0.2) is 4.79 Å². The van der Waals surface area contributed by atoms with E-state index in [0.29, 0.717) is 11.4 Å². The van der Waals surface area contributed by atoms with Crippen LogP contribution in [0.1, 0.15) is 23.3 Å². The average Bonchev–Trinajstić information content (AvgIpc) is 3.36. The van der Waals surface area contributed by atoms with Crippen LogP contribution in [0.3, 0.4) is 0 Å². The van der Waals surface area contributed by atoms with Crippen LogP contribution >= 0.6 is 0 Å². The van der Waals surface area contributed by atoms with Gasteiger partial charge in [0, 0.05) is 37.3 Å². The van der Waals surface area contributed by atoms with Crippen molar-refractivity contribution >= 4 is 28.5 Å². The maximum absolute atomic E-state index is 12.4. The molecule has 27 heavy (non-hydrogen) atoms. The molecule has 3 amide bonds. The van der Waals surface area contributed by atoms with E-state index in [1.807, 2.05) is 24.3 Å². The predicted molar refractivity (Wildman–Crippen MR) is 103 cm³/mol. The first-order valence-corrected chi connectivity index (χ1v) is 8.74. The maximum atomic E-state index is 12.4. The number of H-pyrrole nitrogens is 1. The molecule has 3 aromatic rings. The van der Waals surface area contributed by atoms with E-state index in [1.54, 1.807) is 26.5 Å². The number of amides is 3. The normalized spacial score (nSPS) is 13.4. The Balaban J connectivity index is 1.65. The van der Waals surface area contributed by atoms with Crippen molar-refractivity contribution in [3.8, 4) is 11.1 Å². The topological polar surface area (TPSA) is 103 Å². The molecule has 0 unspecified atom stereocenters. The summed E-state index contributed by atoms with van der Waals surface area (Å²) in [6.45, 7) is 0. The number of rotatable bonds is 4. The van der Waals surface area contributed by atoms with Gasteiger partial charge >= 0.3 is 6.03 Å². The van der Waals surface area contributed by atoms with Crippen molar-refractivity contribution in [1.82, 2.24) is 25.4 Å². The Hall–Kier alpha value is -3.42. The van der Waals surface area contributed by atoms with Crippen molar-refractivity contribution in [2.45, 2.75) is 18.9 Å². The van der Waals surface area contributed by atoms with Crippen molar-refractivity contribution in [1.29, 1.82) is 0 Å². The van der Waals surface area contributed by atoms with Crippen molar-refractivity contribution in [3.63, 3.8) is 0 Å². The lowest BCUT2D eigenvalue weighted by Gasteiger charge is -2.12. The Morgan fingerprint density at radius 3 is 2.70 bits per heavy atom. The SMILES string of the molecule is CN(C)C(=O)Nc1cncc(-c2ccc3[nH]nc(C(=O)NC4CC4)c3c2)c1. The highest BCUT2D eigenvalue weighted by Crippen LogP contribution is 2.27. The molecule has 1 aromatic carbocycles. The van der Waals surface area contributed by atoms with Gasteiger partial charge in [-0.15, -0.1) is 0 Å². The van der Waals surface area contributed by atoms with E-state index in [1.165, 1.54) is 4.90 Å². The summed E-state index contributed by atoms with van der Waals surface area (Å²) in [5, 5.41) is 13.6. The second kappa shape index (κ2) is 6.71. The molecule has 1 aliphatic rings. The number of carbonyl (C=O) groups excluding carboxylic acids is 2. The molecule has 0 saturated heterocycles. The standard InChI is InChI=1S/C19H20N6O2/c1-25(2)19(27)22-14-7-12(9-20-10-14)11-3-6-16-15(8-11)17(24-23-16)18(26)21-13-4-5-13/h3,6-10,13H,4-5H2,1-2H3,(H,21,26)(H,22,27)(H,23,24). The van der Waals surface area contributed by atoms with Crippen LogP contribution in [-0.2, 0) is 0 Å². The van der Waals surface area contributed by atoms with Crippen LogP contribution < -0.4 is 10.6 Å². The fourth-order valence-corrected chi connectivity index (χ4v) is 2.75. The molecular formula is C19H20N6O2. The van der Waals surface area contributed by atoms with E-state index in [2.05, 4.69) is 25.8 Å². The zero-order valence-corrected chi connectivity index (χ0v) is 15.1. The fourth-order valence-electron chi connectivity index (χ4n) is 2.75. The molecule has 1 saturated carbocycles. The number of aromatic nitrogens is 3. The third kappa shape index (κ3) is 3.59. The van der Waals surface area contributed by atoms with Gasteiger partial charge in [-0.1, -0.05) is 6.07 Å².